The van der Waals surface area contributed by atoms with Gasteiger partial charge in [-0.05, 0) is 28.1 Å². The molecule has 0 aliphatic rings. The Bertz CT molecular complexity index is 150. The van der Waals surface area contributed by atoms with Crippen LogP contribution in [0.1, 0.15) is 2.85 Å². The van der Waals surface area contributed by atoms with Crippen LogP contribution in [0.2, 0.25) is 0 Å². The monoisotopic (exact) mass is 183 g/mol. The first-order chi connectivity index (χ1) is 3.39. The van der Waals surface area contributed by atoms with Gasteiger partial charge in [0, 0.05) is 6.20 Å². The minimum absolute atomic E-state index is 0. The number of hydrogen-bond acceptors (Lipinski definition) is 1. The molecule has 1 aromatic rings. The van der Waals surface area contributed by atoms with Gasteiger partial charge in [0.15, 0.2) is 0 Å². The molecule has 0 radical (unpaired) electrons. The van der Waals surface area contributed by atoms with E-state index in [1.165, 1.54) is 0 Å². The normalized spacial score (nSPS) is 7.62. The van der Waals surface area contributed by atoms with Crippen LogP contribution in [0.4, 0.5) is 0 Å². The van der Waals surface area contributed by atoms with Crippen LogP contribution in [-0.4, -0.2) is 28.0 Å². The van der Waals surface area contributed by atoms with Gasteiger partial charge in [-0.2, -0.15) is 0 Å². The predicted octanol–water partition coefficient (Wildman–Crippen LogP) is 1.69. The molecule has 0 amide bonds. The van der Waals surface area contributed by atoms with Gasteiger partial charge in [0.1, 0.15) is 4.60 Å². The molecular weight excluding hydrogens is 178 g/mol. The molecule has 0 aliphatic carbocycles. The first kappa shape index (κ1) is 8.40. The van der Waals surface area contributed by atoms with Gasteiger partial charge in [-0.3, -0.25) is 0 Å². The molecule has 0 spiro atoms. The van der Waals surface area contributed by atoms with Crippen LogP contribution in [0, 0.1) is 0 Å². The van der Waals surface area contributed by atoms with Crippen molar-refractivity contribution in [1.29, 1.82) is 0 Å². The Hall–Kier alpha value is 0.396. The molecule has 8 heavy (non-hydrogen) atoms. The fraction of sp³-hybridized carbons (Fsp3) is 0. The number of rotatable bonds is 0. The summed E-state index contributed by atoms with van der Waals surface area (Å²) in [4.78, 5) is 3.90. The van der Waals surface area contributed by atoms with Gasteiger partial charge in [-0.15, -0.1) is 0 Å². The summed E-state index contributed by atoms with van der Waals surface area (Å²) >= 11 is 3.20. The van der Waals surface area contributed by atoms with E-state index in [0.717, 1.165) is 4.60 Å². The van der Waals surface area contributed by atoms with Crippen LogP contribution in [-0.2, 0) is 0 Å². The second kappa shape index (κ2) is 4.29. The van der Waals surface area contributed by atoms with Crippen molar-refractivity contribution in [2.45, 2.75) is 0 Å². The summed E-state index contributed by atoms with van der Waals surface area (Å²) in [6, 6.07) is 5.70. The average Bonchev–Trinajstić information content (AvgIpc) is 1.69. The smallest absolute Gasteiger partial charge is 1.00 e. The molecule has 0 aromatic carbocycles. The van der Waals surface area contributed by atoms with E-state index in [9.17, 15) is 0 Å². The number of pyridine rings is 1. The third-order valence-corrected chi connectivity index (χ3v) is 1.10. The number of nitrogens with zero attached hydrogens (tertiary/aromatic N) is 1. The van der Waals surface area contributed by atoms with Crippen molar-refractivity contribution < 1.29 is 2.85 Å². The maximum atomic E-state index is 3.90. The summed E-state index contributed by atoms with van der Waals surface area (Å²) in [6.07, 6.45) is 1.74. The van der Waals surface area contributed by atoms with Gasteiger partial charge in [-0.1, -0.05) is 6.07 Å². The van der Waals surface area contributed by atoms with E-state index in [-0.39, 0.29) is 25.9 Å². The maximum Gasteiger partial charge on any atom is 2.00 e. The first-order valence-corrected chi connectivity index (χ1v) is 2.75. The van der Waals surface area contributed by atoms with E-state index in [0.29, 0.717) is 0 Å². The van der Waals surface area contributed by atoms with Gasteiger partial charge in [-0.25, -0.2) is 4.98 Å². The van der Waals surface area contributed by atoms with Crippen molar-refractivity contribution in [3.63, 3.8) is 0 Å². The standard InChI is InChI=1S/C5H4BrN.Mg.2H/c6-5-3-1-2-4-7-5;;;/h1-4H;;;/q;+2;2*-1. The first-order valence-electron chi connectivity index (χ1n) is 1.96. The molecule has 1 heterocycles. The Balaban J connectivity index is -0.000000163. The van der Waals surface area contributed by atoms with Crippen molar-refractivity contribution in [1.82, 2.24) is 4.98 Å². The van der Waals surface area contributed by atoms with Crippen LogP contribution < -0.4 is 0 Å². The topological polar surface area (TPSA) is 12.9 Å². The van der Waals surface area contributed by atoms with Crippen molar-refractivity contribution in [2.24, 2.45) is 0 Å². The summed E-state index contributed by atoms with van der Waals surface area (Å²) in [5.41, 5.74) is 0. The molecule has 0 unspecified atom stereocenters. The Labute approximate surface area is 75.8 Å². The molecule has 0 saturated carbocycles. The van der Waals surface area contributed by atoms with Crippen LogP contribution in [0.15, 0.2) is 29.0 Å². The van der Waals surface area contributed by atoms with Gasteiger partial charge in [0.2, 0.25) is 0 Å². The average molecular weight is 184 g/mol. The van der Waals surface area contributed by atoms with Gasteiger partial charge in [0.25, 0.3) is 0 Å². The summed E-state index contributed by atoms with van der Waals surface area (Å²) in [6.45, 7) is 0. The number of aromatic nitrogens is 1. The van der Waals surface area contributed by atoms with Gasteiger partial charge in [0.05, 0.1) is 0 Å². The van der Waals surface area contributed by atoms with E-state index in [1.807, 2.05) is 18.2 Å². The van der Waals surface area contributed by atoms with Crippen molar-refractivity contribution in [3.8, 4) is 0 Å². The molecular formula is C5H6BrMgN. The van der Waals surface area contributed by atoms with E-state index >= 15 is 0 Å². The Morgan fingerprint density at radius 3 is 2.50 bits per heavy atom. The van der Waals surface area contributed by atoms with E-state index in [2.05, 4.69) is 20.9 Å². The molecule has 0 aliphatic heterocycles. The molecule has 1 nitrogen and oxygen atoms in total. The van der Waals surface area contributed by atoms with E-state index in [4.69, 9.17) is 0 Å². The molecule has 40 valence electrons. The SMILES string of the molecule is Brc1ccccn1.[H-].[H-].[Mg+2]. The quantitative estimate of drug-likeness (QED) is 0.442. The van der Waals surface area contributed by atoms with Crippen LogP contribution >= 0.6 is 15.9 Å². The van der Waals surface area contributed by atoms with E-state index < -0.39 is 0 Å². The zero-order chi connectivity index (χ0) is 5.11. The fourth-order valence-corrected chi connectivity index (χ4v) is 0.613. The Morgan fingerprint density at radius 1 is 1.50 bits per heavy atom. The van der Waals surface area contributed by atoms with Crippen LogP contribution in [0.5, 0.6) is 0 Å². The van der Waals surface area contributed by atoms with Crippen molar-refractivity contribution in [3.05, 3.63) is 29.0 Å². The second-order valence-corrected chi connectivity index (χ2v) is 1.96. The summed E-state index contributed by atoms with van der Waals surface area (Å²) in [5, 5.41) is 0. The minimum Gasteiger partial charge on any atom is -1.00 e. The Kier molecular flexibility index (Phi) is 4.50. The molecule has 0 fully saturated rings. The van der Waals surface area contributed by atoms with Crippen molar-refractivity contribution in [2.75, 3.05) is 0 Å². The van der Waals surface area contributed by atoms with E-state index in [1.54, 1.807) is 6.20 Å². The van der Waals surface area contributed by atoms with Crippen LogP contribution in [0.25, 0.3) is 0 Å². The summed E-state index contributed by atoms with van der Waals surface area (Å²) < 4.78 is 0.884. The van der Waals surface area contributed by atoms with Crippen LogP contribution in [0.3, 0.4) is 0 Å². The maximum absolute atomic E-state index is 3.90. The van der Waals surface area contributed by atoms with Gasteiger partial charge >= 0.3 is 23.1 Å². The summed E-state index contributed by atoms with van der Waals surface area (Å²) in [7, 11) is 0. The zero-order valence-corrected chi connectivity index (χ0v) is 7.34. The molecule has 0 atom stereocenters. The molecule has 0 bridgehead atoms. The second-order valence-electron chi connectivity index (χ2n) is 1.15. The predicted molar refractivity (Wildman–Crippen MR) is 39.9 cm³/mol. The fourth-order valence-electron chi connectivity index (χ4n) is 0.342. The summed E-state index contributed by atoms with van der Waals surface area (Å²) in [5.74, 6) is 0. The number of halogens is 1. The third-order valence-electron chi connectivity index (χ3n) is 0.629. The molecule has 0 N–H and O–H groups in total. The molecule has 1 rings (SSSR count). The Morgan fingerprint density at radius 2 is 2.25 bits per heavy atom. The molecule has 0 saturated heterocycles. The largest absolute Gasteiger partial charge is 2.00 e. The minimum atomic E-state index is 0. The molecule has 1 aromatic heterocycles. The van der Waals surface area contributed by atoms with Crippen molar-refractivity contribution >= 4 is 39.0 Å². The zero-order valence-electron chi connectivity index (χ0n) is 6.34. The third kappa shape index (κ3) is 2.64. The number of hydrogen-bond donors (Lipinski definition) is 0. The van der Waals surface area contributed by atoms with Gasteiger partial charge < -0.3 is 2.85 Å². The molecule has 3 heteroatoms.